The predicted octanol–water partition coefficient (Wildman–Crippen LogP) is 1.42. The van der Waals surface area contributed by atoms with Crippen molar-refractivity contribution in [2.45, 2.75) is 26.8 Å². The molecular formula is C12H20N4. The zero-order valence-electron chi connectivity index (χ0n) is 10.1. The first-order chi connectivity index (χ1) is 7.69. The van der Waals surface area contributed by atoms with Crippen molar-refractivity contribution in [3.05, 3.63) is 18.1 Å². The molecule has 0 amide bonds. The number of aromatic nitrogens is 2. The van der Waals surface area contributed by atoms with Gasteiger partial charge in [-0.25, -0.2) is 4.98 Å². The molecule has 0 saturated carbocycles. The van der Waals surface area contributed by atoms with E-state index in [-0.39, 0.29) is 0 Å². The second-order valence-electron chi connectivity index (χ2n) is 4.92. The van der Waals surface area contributed by atoms with E-state index in [4.69, 9.17) is 5.73 Å². The number of nitrogens with two attached hydrogens (primary N) is 1. The van der Waals surface area contributed by atoms with Crippen LogP contribution in [-0.4, -0.2) is 23.1 Å². The molecular weight excluding hydrogens is 200 g/mol. The molecule has 0 aliphatic carbocycles. The summed E-state index contributed by atoms with van der Waals surface area (Å²) < 4.78 is 0. The van der Waals surface area contributed by atoms with Crippen molar-refractivity contribution in [3.63, 3.8) is 0 Å². The highest BCUT2D eigenvalue weighted by atomic mass is 15.2. The molecule has 0 aromatic carbocycles. The minimum atomic E-state index is 0.458. The summed E-state index contributed by atoms with van der Waals surface area (Å²) in [5.41, 5.74) is 6.36. The van der Waals surface area contributed by atoms with E-state index >= 15 is 0 Å². The number of rotatable bonds is 2. The maximum absolute atomic E-state index is 5.51. The summed E-state index contributed by atoms with van der Waals surface area (Å²) in [6.07, 6.45) is 4.93. The van der Waals surface area contributed by atoms with Gasteiger partial charge in [-0.15, -0.1) is 0 Å². The fourth-order valence-electron chi connectivity index (χ4n) is 2.47. The molecule has 2 N–H and O–H groups in total. The molecule has 88 valence electrons. The maximum atomic E-state index is 5.51. The lowest BCUT2D eigenvalue weighted by molar-refractivity contribution is 0.355. The molecule has 1 aliphatic heterocycles. The molecule has 4 nitrogen and oxygen atoms in total. The Hall–Kier alpha value is -1.16. The molecule has 0 spiro atoms. The first-order valence-corrected chi connectivity index (χ1v) is 5.95. The van der Waals surface area contributed by atoms with Gasteiger partial charge in [-0.2, -0.15) is 0 Å². The fraction of sp³-hybridized carbons (Fsp3) is 0.667. The van der Waals surface area contributed by atoms with E-state index in [1.807, 2.05) is 6.20 Å². The Kier molecular flexibility index (Phi) is 3.39. The summed E-state index contributed by atoms with van der Waals surface area (Å²) in [5.74, 6) is 2.45. The van der Waals surface area contributed by atoms with Crippen molar-refractivity contribution in [1.82, 2.24) is 9.97 Å². The van der Waals surface area contributed by atoms with Crippen LogP contribution in [0.15, 0.2) is 12.4 Å². The van der Waals surface area contributed by atoms with Gasteiger partial charge in [-0.3, -0.25) is 4.98 Å². The van der Waals surface area contributed by atoms with Crippen LogP contribution >= 0.6 is 0 Å². The minimum absolute atomic E-state index is 0.458. The Labute approximate surface area is 96.9 Å². The van der Waals surface area contributed by atoms with Crippen molar-refractivity contribution in [2.75, 3.05) is 18.0 Å². The number of piperidine rings is 1. The molecule has 16 heavy (non-hydrogen) atoms. The first-order valence-electron chi connectivity index (χ1n) is 5.95. The fourth-order valence-corrected chi connectivity index (χ4v) is 2.47. The molecule has 1 fully saturated rings. The van der Waals surface area contributed by atoms with Crippen LogP contribution in [0.2, 0.25) is 0 Å². The largest absolute Gasteiger partial charge is 0.355 e. The van der Waals surface area contributed by atoms with Crippen molar-refractivity contribution < 1.29 is 0 Å². The quantitative estimate of drug-likeness (QED) is 0.819. The van der Waals surface area contributed by atoms with E-state index in [9.17, 15) is 0 Å². The monoisotopic (exact) mass is 220 g/mol. The van der Waals surface area contributed by atoms with E-state index in [0.717, 1.165) is 36.4 Å². The van der Waals surface area contributed by atoms with E-state index in [1.165, 1.54) is 6.42 Å². The van der Waals surface area contributed by atoms with Gasteiger partial charge >= 0.3 is 0 Å². The molecule has 1 saturated heterocycles. The third-order valence-corrected chi connectivity index (χ3v) is 3.09. The predicted molar refractivity (Wildman–Crippen MR) is 65.1 cm³/mol. The molecule has 2 atom stereocenters. The van der Waals surface area contributed by atoms with Gasteiger partial charge in [0.15, 0.2) is 0 Å². The van der Waals surface area contributed by atoms with Crippen molar-refractivity contribution in [2.24, 2.45) is 17.6 Å². The van der Waals surface area contributed by atoms with Gasteiger partial charge in [0.1, 0.15) is 5.82 Å². The topological polar surface area (TPSA) is 55.0 Å². The van der Waals surface area contributed by atoms with Gasteiger partial charge in [-0.05, 0) is 18.3 Å². The Balaban J connectivity index is 2.10. The molecule has 2 heterocycles. The van der Waals surface area contributed by atoms with Gasteiger partial charge in [0, 0.05) is 19.6 Å². The van der Waals surface area contributed by atoms with E-state index in [0.29, 0.717) is 6.54 Å². The highest BCUT2D eigenvalue weighted by molar-refractivity contribution is 5.36. The molecule has 2 unspecified atom stereocenters. The summed E-state index contributed by atoms with van der Waals surface area (Å²) >= 11 is 0. The first kappa shape index (κ1) is 11.3. The number of anilines is 1. The second kappa shape index (κ2) is 4.78. The highest BCUT2D eigenvalue weighted by Gasteiger charge is 2.22. The Morgan fingerprint density at radius 1 is 1.25 bits per heavy atom. The number of nitrogens with zero attached hydrogens (tertiary/aromatic N) is 3. The summed E-state index contributed by atoms with van der Waals surface area (Å²) in [7, 11) is 0. The summed E-state index contributed by atoms with van der Waals surface area (Å²) in [6, 6.07) is 0. The molecule has 1 aromatic rings. The average Bonchev–Trinajstić information content (AvgIpc) is 2.28. The molecule has 2 rings (SSSR count). The van der Waals surface area contributed by atoms with Gasteiger partial charge < -0.3 is 10.6 Å². The maximum Gasteiger partial charge on any atom is 0.147 e. The SMILES string of the molecule is CC1CC(C)CN(c2cnc(CN)cn2)C1. The van der Waals surface area contributed by atoms with Crippen LogP contribution in [0.1, 0.15) is 26.0 Å². The smallest absolute Gasteiger partial charge is 0.147 e. The molecule has 1 aliphatic rings. The van der Waals surface area contributed by atoms with Crippen molar-refractivity contribution >= 4 is 5.82 Å². The molecule has 1 aromatic heterocycles. The summed E-state index contributed by atoms with van der Waals surface area (Å²) in [6.45, 7) is 7.22. The lowest BCUT2D eigenvalue weighted by Crippen LogP contribution is -2.39. The van der Waals surface area contributed by atoms with Crippen LogP contribution in [0.4, 0.5) is 5.82 Å². The van der Waals surface area contributed by atoms with E-state index < -0.39 is 0 Å². The summed E-state index contributed by atoms with van der Waals surface area (Å²) in [4.78, 5) is 11.0. The average molecular weight is 220 g/mol. The van der Waals surface area contributed by atoms with Crippen molar-refractivity contribution in [1.29, 1.82) is 0 Å². The Morgan fingerprint density at radius 2 is 1.94 bits per heavy atom. The molecule has 4 heteroatoms. The van der Waals surface area contributed by atoms with Crippen LogP contribution in [0.25, 0.3) is 0 Å². The lowest BCUT2D eigenvalue weighted by Gasteiger charge is -2.35. The number of hydrogen-bond acceptors (Lipinski definition) is 4. The normalized spacial score (nSPS) is 25.8. The second-order valence-corrected chi connectivity index (χ2v) is 4.92. The number of hydrogen-bond donors (Lipinski definition) is 1. The zero-order valence-corrected chi connectivity index (χ0v) is 10.1. The van der Waals surface area contributed by atoms with Gasteiger partial charge in [0.25, 0.3) is 0 Å². The molecule has 0 bridgehead atoms. The minimum Gasteiger partial charge on any atom is -0.355 e. The lowest BCUT2D eigenvalue weighted by atomic mass is 9.92. The van der Waals surface area contributed by atoms with Gasteiger partial charge in [-0.1, -0.05) is 13.8 Å². The van der Waals surface area contributed by atoms with Crippen LogP contribution in [0, 0.1) is 11.8 Å². The third-order valence-electron chi connectivity index (χ3n) is 3.09. The molecule has 0 radical (unpaired) electrons. The standard InChI is InChI=1S/C12H20N4/c1-9-3-10(2)8-16(7-9)12-6-14-11(4-13)5-15-12/h5-6,9-10H,3-4,7-8,13H2,1-2H3. The van der Waals surface area contributed by atoms with Crippen molar-refractivity contribution in [3.8, 4) is 0 Å². The van der Waals surface area contributed by atoms with E-state index in [1.54, 1.807) is 6.20 Å². The van der Waals surface area contributed by atoms with Gasteiger partial charge in [0.05, 0.1) is 18.1 Å². The van der Waals surface area contributed by atoms with Crippen LogP contribution < -0.4 is 10.6 Å². The zero-order chi connectivity index (χ0) is 11.5. The van der Waals surface area contributed by atoms with Crippen LogP contribution in [0.3, 0.4) is 0 Å². The van der Waals surface area contributed by atoms with E-state index in [2.05, 4.69) is 28.7 Å². The Bertz CT molecular complexity index is 325. The summed E-state index contributed by atoms with van der Waals surface area (Å²) in [5, 5.41) is 0. The Morgan fingerprint density at radius 3 is 2.44 bits per heavy atom. The van der Waals surface area contributed by atoms with Crippen LogP contribution in [-0.2, 0) is 6.54 Å². The van der Waals surface area contributed by atoms with Gasteiger partial charge in [0.2, 0.25) is 0 Å². The van der Waals surface area contributed by atoms with Crippen LogP contribution in [0.5, 0.6) is 0 Å². The third kappa shape index (κ3) is 2.50. The highest BCUT2D eigenvalue weighted by Crippen LogP contribution is 2.24.